The maximum absolute atomic E-state index is 11.4. The summed E-state index contributed by atoms with van der Waals surface area (Å²) in [6.45, 7) is 0. The Kier molecular flexibility index (Phi) is 2.89. The van der Waals surface area contributed by atoms with Crippen LogP contribution < -0.4 is 0 Å². The molecule has 0 spiro atoms. The normalized spacial score (nSPS) is 11.0. The SMILES string of the molecule is FC(F)=C(F)OC(F)(F)Cl. The zero-order chi connectivity index (χ0) is 8.36. The molecule has 1 nitrogen and oxygen atoms in total. The van der Waals surface area contributed by atoms with Crippen LogP contribution in [0.2, 0.25) is 0 Å². The monoisotopic (exact) mass is 182 g/mol. The van der Waals surface area contributed by atoms with Gasteiger partial charge in [-0.25, -0.2) is 0 Å². The van der Waals surface area contributed by atoms with E-state index >= 15 is 0 Å². The highest BCUT2D eigenvalue weighted by Crippen LogP contribution is 2.26. The van der Waals surface area contributed by atoms with Crippen molar-refractivity contribution in [3.05, 3.63) is 12.1 Å². The van der Waals surface area contributed by atoms with Gasteiger partial charge in [0.05, 0.1) is 0 Å². The first-order valence-electron chi connectivity index (χ1n) is 1.79. The van der Waals surface area contributed by atoms with Crippen molar-refractivity contribution >= 4 is 11.6 Å². The van der Waals surface area contributed by atoms with Crippen molar-refractivity contribution in [2.75, 3.05) is 0 Å². The second kappa shape index (κ2) is 3.05. The van der Waals surface area contributed by atoms with E-state index < -0.39 is 17.7 Å². The van der Waals surface area contributed by atoms with Crippen molar-refractivity contribution in [2.45, 2.75) is 5.57 Å². The molecular formula is C3ClF5O. The van der Waals surface area contributed by atoms with Gasteiger partial charge in [0.15, 0.2) is 0 Å². The van der Waals surface area contributed by atoms with Crippen LogP contribution in [0.15, 0.2) is 12.1 Å². The second-order valence-corrected chi connectivity index (χ2v) is 1.52. The molecule has 0 N–H and O–H groups in total. The van der Waals surface area contributed by atoms with E-state index in [-0.39, 0.29) is 0 Å². The minimum absolute atomic E-state index is 2.59. The predicted octanol–water partition coefficient (Wildman–Crippen LogP) is 2.83. The van der Waals surface area contributed by atoms with Gasteiger partial charge in [-0.05, 0) is 0 Å². The first-order chi connectivity index (χ1) is 4.33. The molecule has 0 aromatic carbocycles. The van der Waals surface area contributed by atoms with Gasteiger partial charge in [0.25, 0.3) is 0 Å². The zero-order valence-corrected chi connectivity index (χ0v) is 4.93. The van der Waals surface area contributed by atoms with Crippen LogP contribution in [0.4, 0.5) is 22.0 Å². The summed E-state index contributed by atoms with van der Waals surface area (Å²) in [7, 11) is 0. The van der Waals surface area contributed by atoms with E-state index in [1.807, 2.05) is 0 Å². The Morgan fingerprint density at radius 1 is 1.20 bits per heavy atom. The molecule has 0 aliphatic rings. The van der Waals surface area contributed by atoms with Crippen LogP contribution in [0.5, 0.6) is 0 Å². The van der Waals surface area contributed by atoms with Gasteiger partial charge in [-0.1, -0.05) is 0 Å². The molecule has 0 radical (unpaired) electrons. The topological polar surface area (TPSA) is 9.23 Å². The second-order valence-electron chi connectivity index (χ2n) is 1.08. The van der Waals surface area contributed by atoms with Crippen LogP contribution in [0.3, 0.4) is 0 Å². The average Bonchev–Trinajstić information content (AvgIpc) is 1.60. The molecule has 0 bridgehead atoms. The predicted molar refractivity (Wildman–Crippen MR) is 22.2 cm³/mol. The van der Waals surface area contributed by atoms with E-state index in [1.165, 1.54) is 0 Å². The number of alkyl halides is 3. The molecule has 0 atom stereocenters. The summed E-state index contributed by atoms with van der Waals surface area (Å²) in [6.07, 6.45) is -2.99. The van der Waals surface area contributed by atoms with Crippen LogP contribution in [0.1, 0.15) is 0 Å². The zero-order valence-electron chi connectivity index (χ0n) is 4.18. The summed E-state index contributed by atoms with van der Waals surface area (Å²) in [5.74, 6) is 0. The summed E-state index contributed by atoms with van der Waals surface area (Å²) in [5.41, 5.74) is -4.44. The molecule has 7 heteroatoms. The molecule has 0 aliphatic carbocycles. The van der Waals surface area contributed by atoms with Gasteiger partial charge in [0, 0.05) is 11.6 Å². The third kappa shape index (κ3) is 4.37. The van der Waals surface area contributed by atoms with Crippen molar-refractivity contribution in [1.82, 2.24) is 0 Å². The molecular weight excluding hydrogens is 182 g/mol. The Morgan fingerprint density at radius 3 is 1.70 bits per heavy atom. The first-order valence-corrected chi connectivity index (χ1v) is 2.17. The lowest BCUT2D eigenvalue weighted by molar-refractivity contribution is -0.160. The molecule has 0 aromatic rings. The van der Waals surface area contributed by atoms with Crippen LogP contribution in [-0.4, -0.2) is 5.57 Å². The maximum Gasteiger partial charge on any atom is 0.489 e. The molecule has 0 fully saturated rings. The number of hydrogen-bond donors (Lipinski definition) is 0. The standard InChI is InChI=1S/C3ClF5O/c4-3(8,9)10-2(7)1(5)6. The van der Waals surface area contributed by atoms with E-state index in [1.54, 1.807) is 0 Å². The van der Waals surface area contributed by atoms with Gasteiger partial charge < -0.3 is 4.74 Å². The molecule has 60 valence electrons. The molecule has 10 heavy (non-hydrogen) atoms. The highest BCUT2D eigenvalue weighted by molar-refractivity contribution is 6.20. The molecule has 0 saturated carbocycles. The van der Waals surface area contributed by atoms with Crippen molar-refractivity contribution in [1.29, 1.82) is 0 Å². The summed E-state index contributed by atoms with van der Waals surface area (Å²) >= 11 is 3.91. The lowest BCUT2D eigenvalue weighted by Crippen LogP contribution is -2.09. The Bertz CT molecular complexity index is 145. The van der Waals surface area contributed by atoms with Gasteiger partial charge in [-0.15, -0.1) is 8.78 Å². The van der Waals surface area contributed by atoms with Gasteiger partial charge >= 0.3 is 17.7 Å². The average molecular weight is 182 g/mol. The largest absolute Gasteiger partial charge is 0.489 e. The third-order valence-corrected chi connectivity index (χ3v) is 0.431. The molecule has 0 amide bonds. The molecule has 0 rings (SSSR count). The van der Waals surface area contributed by atoms with Crippen molar-refractivity contribution in [2.24, 2.45) is 0 Å². The fourth-order valence-corrected chi connectivity index (χ4v) is 0.208. The van der Waals surface area contributed by atoms with Gasteiger partial charge in [-0.2, -0.15) is 13.2 Å². The van der Waals surface area contributed by atoms with Crippen LogP contribution in [-0.2, 0) is 4.74 Å². The maximum atomic E-state index is 11.4. The molecule has 0 saturated heterocycles. The van der Waals surface area contributed by atoms with Gasteiger partial charge in [-0.3, -0.25) is 0 Å². The van der Waals surface area contributed by atoms with Crippen molar-refractivity contribution in [3.8, 4) is 0 Å². The first kappa shape index (κ1) is 9.48. The van der Waals surface area contributed by atoms with Crippen molar-refractivity contribution < 1.29 is 26.7 Å². The fourth-order valence-electron chi connectivity index (χ4n) is 0.140. The van der Waals surface area contributed by atoms with E-state index in [0.29, 0.717) is 0 Å². The summed E-state index contributed by atoms with van der Waals surface area (Å²) in [4.78, 5) is 0. The minimum atomic E-state index is -4.44. The van der Waals surface area contributed by atoms with Crippen LogP contribution in [0.25, 0.3) is 0 Å². The highest BCUT2D eigenvalue weighted by Gasteiger charge is 2.30. The number of ether oxygens (including phenoxy) is 1. The molecule has 0 heterocycles. The van der Waals surface area contributed by atoms with E-state index in [0.717, 1.165) is 0 Å². The van der Waals surface area contributed by atoms with Gasteiger partial charge in [0.2, 0.25) is 0 Å². The molecule has 0 unspecified atom stereocenters. The highest BCUT2D eigenvalue weighted by atomic mass is 35.5. The summed E-state index contributed by atoms with van der Waals surface area (Å²) in [6, 6.07) is -2.68. The lowest BCUT2D eigenvalue weighted by atomic mass is 11.0. The quantitative estimate of drug-likeness (QED) is 0.362. The molecule has 0 aliphatic heterocycles. The lowest BCUT2D eigenvalue weighted by Gasteiger charge is -2.05. The number of hydrogen-bond acceptors (Lipinski definition) is 1. The van der Waals surface area contributed by atoms with Crippen molar-refractivity contribution in [3.63, 3.8) is 0 Å². The summed E-state index contributed by atoms with van der Waals surface area (Å²) < 4.78 is 58.4. The van der Waals surface area contributed by atoms with Crippen LogP contribution in [0, 0.1) is 0 Å². The minimum Gasteiger partial charge on any atom is -0.389 e. The Balaban J connectivity index is 4.06. The van der Waals surface area contributed by atoms with Gasteiger partial charge in [0.1, 0.15) is 0 Å². The molecule has 0 aromatic heterocycles. The van der Waals surface area contributed by atoms with Crippen LogP contribution >= 0.6 is 11.6 Å². The number of rotatable bonds is 2. The van der Waals surface area contributed by atoms with E-state index in [2.05, 4.69) is 16.3 Å². The number of halogens is 6. The third-order valence-electron chi connectivity index (χ3n) is 0.354. The van der Waals surface area contributed by atoms with E-state index in [9.17, 15) is 22.0 Å². The Labute approximate surface area is 57.0 Å². The summed E-state index contributed by atoms with van der Waals surface area (Å²) in [5, 5.41) is 0. The smallest absolute Gasteiger partial charge is 0.389 e. The Morgan fingerprint density at radius 2 is 1.60 bits per heavy atom. The Hall–Kier alpha value is -0.520. The van der Waals surface area contributed by atoms with E-state index in [4.69, 9.17) is 0 Å². The fraction of sp³-hybridized carbons (Fsp3) is 0.333.